The number of benzene rings is 1. The van der Waals surface area contributed by atoms with Gasteiger partial charge >= 0.3 is 5.97 Å². The van der Waals surface area contributed by atoms with Gasteiger partial charge in [-0.3, -0.25) is 9.59 Å². The van der Waals surface area contributed by atoms with E-state index in [1.54, 1.807) is 29.8 Å². The van der Waals surface area contributed by atoms with Gasteiger partial charge in [0, 0.05) is 10.9 Å². The largest absolute Gasteiger partial charge is 0.487 e. The molecule has 7 heteroatoms. The van der Waals surface area contributed by atoms with Crippen LogP contribution in [0.5, 0.6) is 5.75 Å². The molecule has 0 radical (unpaired) electrons. The van der Waals surface area contributed by atoms with Gasteiger partial charge in [0.2, 0.25) is 0 Å². The summed E-state index contributed by atoms with van der Waals surface area (Å²) in [5.41, 5.74) is 2.98. The van der Waals surface area contributed by atoms with Gasteiger partial charge in [0.05, 0.1) is 18.3 Å². The lowest BCUT2D eigenvalue weighted by Gasteiger charge is -2.07. The van der Waals surface area contributed by atoms with Crippen molar-refractivity contribution in [3.05, 3.63) is 46.4 Å². The van der Waals surface area contributed by atoms with Gasteiger partial charge in [-0.2, -0.15) is 0 Å². The second-order valence-electron chi connectivity index (χ2n) is 4.06. The molecule has 1 heterocycles. The first-order valence-electron chi connectivity index (χ1n) is 6.14. The van der Waals surface area contributed by atoms with E-state index >= 15 is 0 Å². The second kappa shape index (κ2) is 7.39. The summed E-state index contributed by atoms with van der Waals surface area (Å²) >= 11 is 1.50. The fraction of sp³-hybridized carbons (Fsp3) is 0.214. The van der Waals surface area contributed by atoms with Gasteiger partial charge in [-0.15, -0.1) is 11.3 Å². The predicted molar refractivity (Wildman–Crippen MR) is 77.2 cm³/mol. The summed E-state index contributed by atoms with van der Waals surface area (Å²) in [6.45, 7) is 0.177. The number of amides is 1. The maximum atomic E-state index is 11.9. The SMILES string of the molecule is COC(=O)CNC(=O)c1cccc(OCc2cscn2)c1. The zero-order valence-corrected chi connectivity index (χ0v) is 12.2. The fourth-order valence-corrected chi connectivity index (χ4v) is 2.06. The Morgan fingerprint density at radius 3 is 2.95 bits per heavy atom. The lowest BCUT2D eigenvalue weighted by Crippen LogP contribution is -2.30. The molecule has 0 bridgehead atoms. The number of thiazole rings is 1. The summed E-state index contributed by atoms with van der Waals surface area (Å²) in [7, 11) is 1.27. The molecule has 0 aliphatic carbocycles. The number of carbonyl (C=O) groups is 2. The second-order valence-corrected chi connectivity index (χ2v) is 4.77. The molecule has 1 amide bonds. The van der Waals surface area contributed by atoms with Crippen LogP contribution in [-0.2, 0) is 16.1 Å². The standard InChI is InChI=1S/C14H14N2O4S/c1-19-13(17)6-15-14(18)10-3-2-4-12(5-10)20-7-11-8-21-9-16-11/h2-5,8-9H,6-7H2,1H3,(H,15,18). The molecule has 0 fully saturated rings. The van der Waals surface area contributed by atoms with E-state index in [-0.39, 0.29) is 12.5 Å². The Morgan fingerprint density at radius 1 is 1.38 bits per heavy atom. The van der Waals surface area contributed by atoms with E-state index in [1.165, 1.54) is 18.4 Å². The summed E-state index contributed by atoms with van der Waals surface area (Å²) in [5, 5.41) is 4.36. The number of carbonyl (C=O) groups excluding carboxylic acids is 2. The Bertz CT molecular complexity index is 613. The summed E-state index contributed by atoms with van der Waals surface area (Å²) in [4.78, 5) is 27.0. The highest BCUT2D eigenvalue weighted by atomic mass is 32.1. The fourth-order valence-electron chi connectivity index (χ4n) is 1.52. The normalized spacial score (nSPS) is 9.95. The van der Waals surface area contributed by atoms with Crippen LogP contribution >= 0.6 is 11.3 Å². The van der Waals surface area contributed by atoms with Gasteiger partial charge < -0.3 is 14.8 Å². The quantitative estimate of drug-likeness (QED) is 0.821. The number of hydrogen-bond acceptors (Lipinski definition) is 6. The van der Waals surface area contributed by atoms with Crippen molar-refractivity contribution < 1.29 is 19.1 Å². The molecular weight excluding hydrogens is 292 g/mol. The van der Waals surface area contributed by atoms with Crippen molar-refractivity contribution in [2.24, 2.45) is 0 Å². The summed E-state index contributed by atoms with van der Waals surface area (Å²) in [5.74, 6) is -0.299. The topological polar surface area (TPSA) is 77.5 Å². The molecule has 1 N–H and O–H groups in total. The van der Waals surface area contributed by atoms with Crippen LogP contribution in [-0.4, -0.2) is 30.5 Å². The summed E-state index contributed by atoms with van der Waals surface area (Å²) < 4.78 is 10.0. The molecule has 0 spiro atoms. The molecule has 0 aliphatic heterocycles. The Hall–Kier alpha value is -2.41. The first-order chi connectivity index (χ1) is 10.2. The van der Waals surface area contributed by atoms with Gasteiger partial charge in [-0.1, -0.05) is 6.07 Å². The average molecular weight is 306 g/mol. The Morgan fingerprint density at radius 2 is 2.24 bits per heavy atom. The van der Waals surface area contributed by atoms with Crippen LogP contribution in [0.1, 0.15) is 16.1 Å². The highest BCUT2D eigenvalue weighted by molar-refractivity contribution is 7.07. The maximum absolute atomic E-state index is 11.9. The van der Waals surface area contributed by atoms with Gasteiger partial charge in [0.25, 0.3) is 5.91 Å². The van der Waals surface area contributed by atoms with E-state index in [0.29, 0.717) is 17.9 Å². The van der Waals surface area contributed by atoms with E-state index in [1.807, 2.05) is 5.38 Å². The number of methoxy groups -OCH3 is 1. The minimum Gasteiger partial charge on any atom is -0.487 e. The van der Waals surface area contributed by atoms with Crippen molar-refractivity contribution in [3.8, 4) is 5.75 Å². The van der Waals surface area contributed by atoms with Crippen LogP contribution in [0.2, 0.25) is 0 Å². The van der Waals surface area contributed by atoms with Crippen molar-refractivity contribution >= 4 is 23.2 Å². The Balaban J connectivity index is 1.93. The third kappa shape index (κ3) is 4.57. The molecule has 0 atom stereocenters. The molecule has 110 valence electrons. The van der Waals surface area contributed by atoms with Crippen LogP contribution in [0.25, 0.3) is 0 Å². The highest BCUT2D eigenvalue weighted by Crippen LogP contribution is 2.15. The van der Waals surface area contributed by atoms with Gasteiger partial charge in [0.15, 0.2) is 0 Å². The number of rotatable bonds is 6. The highest BCUT2D eigenvalue weighted by Gasteiger charge is 2.09. The Kier molecular flexibility index (Phi) is 5.28. The molecule has 0 saturated heterocycles. The number of nitrogens with one attached hydrogen (secondary N) is 1. The van der Waals surface area contributed by atoms with E-state index < -0.39 is 5.97 Å². The third-order valence-electron chi connectivity index (χ3n) is 2.59. The van der Waals surface area contributed by atoms with E-state index in [2.05, 4.69) is 15.0 Å². The smallest absolute Gasteiger partial charge is 0.325 e. The van der Waals surface area contributed by atoms with E-state index in [9.17, 15) is 9.59 Å². The van der Waals surface area contributed by atoms with Crippen molar-refractivity contribution in [2.45, 2.75) is 6.61 Å². The van der Waals surface area contributed by atoms with Crippen molar-refractivity contribution in [3.63, 3.8) is 0 Å². The minimum absolute atomic E-state index is 0.167. The number of ether oxygens (including phenoxy) is 2. The minimum atomic E-state index is -0.501. The summed E-state index contributed by atoms with van der Waals surface area (Å²) in [6, 6.07) is 6.72. The van der Waals surface area contributed by atoms with Gasteiger partial charge in [0.1, 0.15) is 18.9 Å². The third-order valence-corrected chi connectivity index (χ3v) is 3.22. The van der Waals surface area contributed by atoms with Crippen LogP contribution < -0.4 is 10.1 Å². The van der Waals surface area contributed by atoms with Crippen molar-refractivity contribution in [1.82, 2.24) is 10.3 Å². The first kappa shape index (κ1) is 15.0. The zero-order chi connectivity index (χ0) is 15.1. The van der Waals surface area contributed by atoms with Gasteiger partial charge in [-0.05, 0) is 18.2 Å². The van der Waals surface area contributed by atoms with Crippen LogP contribution in [0.15, 0.2) is 35.2 Å². The molecule has 21 heavy (non-hydrogen) atoms. The monoisotopic (exact) mass is 306 g/mol. The molecule has 2 aromatic rings. The molecule has 1 aromatic carbocycles. The number of nitrogens with zero attached hydrogens (tertiary/aromatic N) is 1. The molecule has 0 saturated carbocycles. The van der Waals surface area contributed by atoms with Crippen molar-refractivity contribution in [1.29, 1.82) is 0 Å². The molecule has 0 aliphatic rings. The lowest BCUT2D eigenvalue weighted by molar-refractivity contribution is -0.139. The van der Waals surface area contributed by atoms with Crippen LogP contribution in [0.4, 0.5) is 0 Å². The number of esters is 1. The first-order valence-corrected chi connectivity index (χ1v) is 7.08. The van der Waals surface area contributed by atoms with Crippen LogP contribution in [0.3, 0.4) is 0 Å². The Labute approximate surface area is 125 Å². The zero-order valence-electron chi connectivity index (χ0n) is 11.4. The summed E-state index contributed by atoms with van der Waals surface area (Å²) in [6.07, 6.45) is 0. The van der Waals surface area contributed by atoms with E-state index in [0.717, 1.165) is 5.69 Å². The van der Waals surface area contributed by atoms with Gasteiger partial charge in [-0.25, -0.2) is 4.98 Å². The predicted octanol–water partition coefficient (Wildman–Crippen LogP) is 1.62. The molecule has 1 aromatic heterocycles. The van der Waals surface area contributed by atoms with Crippen LogP contribution in [0, 0.1) is 0 Å². The number of hydrogen-bond donors (Lipinski definition) is 1. The number of aromatic nitrogens is 1. The van der Waals surface area contributed by atoms with E-state index in [4.69, 9.17) is 4.74 Å². The average Bonchev–Trinajstić information content (AvgIpc) is 3.04. The molecule has 6 nitrogen and oxygen atoms in total. The lowest BCUT2D eigenvalue weighted by atomic mass is 10.2. The molecular formula is C14H14N2O4S. The molecule has 0 unspecified atom stereocenters. The van der Waals surface area contributed by atoms with Crippen molar-refractivity contribution in [2.75, 3.05) is 13.7 Å². The molecule has 2 rings (SSSR count). The maximum Gasteiger partial charge on any atom is 0.325 e.